The van der Waals surface area contributed by atoms with Gasteiger partial charge in [0.05, 0.1) is 12.2 Å². The Hall–Kier alpha value is -1.75. The Kier molecular flexibility index (Phi) is 5.66. The number of rotatable bonds is 7. The van der Waals surface area contributed by atoms with Crippen molar-refractivity contribution in [3.05, 3.63) is 24.3 Å². The molecule has 0 aliphatic heterocycles. The zero-order valence-electron chi connectivity index (χ0n) is 13.4. The largest absolute Gasteiger partial charge is 0.494 e. The number of carbonyl (C=O) groups is 1. The minimum atomic E-state index is -0.709. The maximum Gasteiger partial charge on any atom is 0.319 e. The number of hydrogen-bond donors (Lipinski definition) is 3. The Morgan fingerprint density at radius 1 is 1.41 bits per heavy atom. The van der Waals surface area contributed by atoms with Crippen molar-refractivity contribution in [2.75, 3.05) is 18.5 Å². The molecule has 2 rings (SSSR count). The highest BCUT2D eigenvalue weighted by Gasteiger charge is 2.34. The highest BCUT2D eigenvalue weighted by Crippen LogP contribution is 2.30. The van der Waals surface area contributed by atoms with Crippen LogP contribution in [0.5, 0.6) is 5.75 Å². The number of anilines is 1. The van der Waals surface area contributed by atoms with Gasteiger partial charge in [-0.05, 0) is 43.7 Å². The molecule has 0 saturated heterocycles. The number of carbonyl (C=O) groups excluding carboxylic acids is 1. The van der Waals surface area contributed by atoms with Crippen LogP contribution in [0, 0.1) is 5.92 Å². The summed E-state index contributed by atoms with van der Waals surface area (Å²) in [4.78, 5) is 11.8. The molecule has 1 aromatic carbocycles. The van der Waals surface area contributed by atoms with Gasteiger partial charge in [0.25, 0.3) is 0 Å². The Labute approximate surface area is 132 Å². The smallest absolute Gasteiger partial charge is 0.319 e. The van der Waals surface area contributed by atoms with Crippen LogP contribution in [0.1, 0.15) is 39.5 Å². The normalized spacial score (nSPS) is 16.0. The molecule has 1 saturated carbocycles. The van der Waals surface area contributed by atoms with Gasteiger partial charge in [-0.1, -0.05) is 19.9 Å². The van der Waals surface area contributed by atoms with E-state index in [-0.39, 0.29) is 6.03 Å². The van der Waals surface area contributed by atoms with Gasteiger partial charge >= 0.3 is 6.03 Å². The van der Waals surface area contributed by atoms with E-state index in [1.54, 1.807) is 6.07 Å². The molecular weight excluding hydrogens is 280 g/mol. The molecule has 1 aliphatic rings. The third kappa shape index (κ3) is 5.22. The Bertz CT molecular complexity index is 498. The molecule has 0 aromatic heterocycles. The maximum absolute atomic E-state index is 11.8. The van der Waals surface area contributed by atoms with Crippen LogP contribution in [-0.2, 0) is 0 Å². The molecule has 0 unspecified atom stereocenters. The average Bonchev–Trinajstić information content (AvgIpc) is 2.43. The van der Waals surface area contributed by atoms with Crippen molar-refractivity contribution in [3.8, 4) is 5.75 Å². The third-order valence-electron chi connectivity index (χ3n) is 3.92. The topological polar surface area (TPSA) is 70.6 Å². The standard InChI is InChI=1S/C17H26N2O3/c1-13(2)7-10-22-15-6-3-5-14(11-15)19-16(20)18-12-17(21)8-4-9-17/h3,5-6,11,13,21H,4,7-10,12H2,1-2H3,(H2,18,19,20). The van der Waals surface area contributed by atoms with Crippen molar-refractivity contribution < 1.29 is 14.6 Å². The summed E-state index contributed by atoms with van der Waals surface area (Å²) in [5, 5.41) is 15.4. The fraction of sp³-hybridized carbons (Fsp3) is 0.588. The summed E-state index contributed by atoms with van der Waals surface area (Å²) in [7, 11) is 0. The first-order valence-electron chi connectivity index (χ1n) is 7.97. The molecule has 22 heavy (non-hydrogen) atoms. The zero-order chi connectivity index (χ0) is 16.0. The van der Waals surface area contributed by atoms with Crippen LogP contribution in [0.25, 0.3) is 0 Å². The number of amides is 2. The number of benzene rings is 1. The van der Waals surface area contributed by atoms with Crippen molar-refractivity contribution >= 4 is 11.7 Å². The Balaban J connectivity index is 1.77. The van der Waals surface area contributed by atoms with Crippen LogP contribution >= 0.6 is 0 Å². The van der Waals surface area contributed by atoms with Gasteiger partial charge in [0.15, 0.2) is 0 Å². The summed E-state index contributed by atoms with van der Waals surface area (Å²) < 4.78 is 5.67. The van der Waals surface area contributed by atoms with E-state index in [1.807, 2.05) is 18.2 Å². The molecule has 0 bridgehead atoms. The summed E-state index contributed by atoms with van der Waals surface area (Å²) in [6.45, 7) is 5.27. The number of nitrogens with one attached hydrogen (secondary N) is 2. The average molecular weight is 306 g/mol. The van der Waals surface area contributed by atoms with Crippen LogP contribution in [-0.4, -0.2) is 29.9 Å². The number of aliphatic hydroxyl groups is 1. The molecule has 0 radical (unpaired) electrons. The first-order valence-corrected chi connectivity index (χ1v) is 7.97. The summed E-state index contributed by atoms with van der Waals surface area (Å²) >= 11 is 0. The first-order chi connectivity index (χ1) is 10.5. The molecule has 122 valence electrons. The molecule has 1 fully saturated rings. The highest BCUT2D eigenvalue weighted by molar-refractivity contribution is 5.89. The van der Waals surface area contributed by atoms with E-state index in [0.29, 0.717) is 24.8 Å². The van der Waals surface area contributed by atoms with Gasteiger partial charge in [0, 0.05) is 18.3 Å². The lowest BCUT2D eigenvalue weighted by Gasteiger charge is -2.36. The second kappa shape index (κ2) is 7.49. The summed E-state index contributed by atoms with van der Waals surface area (Å²) in [6.07, 6.45) is 3.53. The molecule has 3 N–H and O–H groups in total. The molecule has 5 heteroatoms. The minimum absolute atomic E-state index is 0.295. The van der Waals surface area contributed by atoms with Crippen molar-refractivity contribution in [2.24, 2.45) is 5.92 Å². The van der Waals surface area contributed by atoms with E-state index in [2.05, 4.69) is 24.5 Å². The lowest BCUT2D eigenvalue weighted by atomic mass is 9.80. The van der Waals surface area contributed by atoms with Crippen molar-refractivity contribution in [1.82, 2.24) is 5.32 Å². The molecule has 0 atom stereocenters. The van der Waals surface area contributed by atoms with Crippen LogP contribution in [0.3, 0.4) is 0 Å². The van der Waals surface area contributed by atoms with Gasteiger partial charge in [0.2, 0.25) is 0 Å². The summed E-state index contributed by atoms with van der Waals surface area (Å²) in [5.41, 5.74) is -0.0285. The van der Waals surface area contributed by atoms with Crippen molar-refractivity contribution in [1.29, 1.82) is 0 Å². The molecule has 0 spiro atoms. The number of hydrogen-bond acceptors (Lipinski definition) is 3. The van der Waals surface area contributed by atoms with Gasteiger partial charge < -0.3 is 20.5 Å². The van der Waals surface area contributed by atoms with E-state index >= 15 is 0 Å². The molecule has 1 aromatic rings. The Morgan fingerprint density at radius 3 is 2.82 bits per heavy atom. The maximum atomic E-state index is 11.8. The second-order valence-electron chi connectivity index (χ2n) is 6.44. The number of ether oxygens (including phenoxy) is 1. The monoisotopic (exact) mass is 306 g/mol. The first kappa shape index (κ1) is 16.6. The van der Waals surface area contributed by atoms with E-state index in [9.17, 15) is 9.90 Å². The van der Waals surface area contributed by atoms with Gasteiger partial charge in [-0.15, -0.1) is 0 Å². The predicted octanol–water partition coefficient (Wildman–Crippen LogP) is 3.15. The van der Waals surface area contributed by atoms with Crippen LogP contribution < -0.4 is 15.4 Å². The zero-order valence-corrected chi connectivity index (χ0v) is 13.4. The third-order valence-corrected chi connectivity index (χ3v) is 3.92. The lowest BCUT2D eigenvalue weighted by Crippen LogP contribution is -2.48. The molecule has 1 aliphatic carbocycles. The van der Waals surface area contributed by atoms with E-state index < -0.39 is 5.60 Å². The van der Waals surface area contributed by atoms with Gasteiger partial charge in [-0.25, -0.2) is 4.79 Å². The van der Waals surface area contributed by atoms with E-state index in [4.69, 9.17) is 4.74 Å². The van der Waals surface area contributed by atoms with Gasteiger partial charge in [-0.2, -0.15) is 0 Å². The predicted molar refractivity (Wildman–Crippen MR) is 87.2 cm³/mol. The molecule has 0 heterocycles. The van der Waals surface area contributed by atoms with Gasteiger partial charge in [0.1, 0.15) is 5.75 Å². The second-order valence-corrected chi connectivity index (χ2v) is 6.44. The molecule has 5 nitrogen and oxygen atoms in total. The van der Waals surface area contributed by atoms with Gasteiger partial charge in [-0.3, -0.25) is 0 Å². The lowest BCUT2D eigenvalue weighted by molar-refractivity contribution is -0.0287. The fourth-order valence-corrected chi connectivity index (χ4v) is 2.26. The quantitative estimate of drug-likeness (QED) is 0.724. The van der Waals surface area contributed by atoms with Crippen LogP contribution in [0.2, 0.25) is 0 Å². The molecule has 2 amide bonds. The van der Waals surface area contributed by atoms with E-state index in [0.717, 1.165) is 31.4 Å². The van der Waals surface area contributed by atoms with Crippen LogP contribution in [0.15, 0.2) is 24.3 Å². The minimum Gasteiger partial charge on any atom is -0.494 e. The highest BCUT2D eigenvalue weighted by atomic mass is 16.5. The SMILES string of the molecule is CC(C)CCOc1cccc(NC(=O)NCC2(O)CCC2)c1. The molecular formula is C17H26N2O3. The van der Waals surface area contributed by atoms with Crippen molar-refractivity contribution in [2.45, 2.75) is 45.1 Å². The fourth-order valence-electron chi connectivity index (χ4n) is 2.26. The van der Waals surface area contributed by atoms with Crippen molar-refractivity contribution in [3.63, 3.8) is 0 Å². The summed E-state index contributed by atoms with van der Waals surface area (Å²) in [5.74, 6) is 1.35. The van der Waals surface area contributed by atoms with E-state index in [1.165, 1.54) is 0 Å². The van der Waals surface area contributed by atoms with Crippen LogP contribution in [0.4, 0.5) is 10.5 Å². The summed E-state index contributed by atoms with van der Waals surface area (Å²) in [6, 6.07) is 7.03. The number of urea groups is 1. The Morgan fingerprint density at radius 2 is 2.18 bits per heavy atom.